The molecule has 0 atom stereocenters. The molecule has 0 saturated carbocycles. The smallest absolute Gasteiger partial charge is 0.341 e. The summed E-state index contributed by atoms with van der Waals surface area (Å²) in [5.74, 6) is -1.62. The predicted molar refractivity (Wildman–Crippen MR) is 71.4 cm³/mol. The molecule has 0 bridgehead atoms. The molecule has 0 spiro atoms. The minimum absolute atomic E-state index is 0.150. The topological polar surface area (TPSA) is 96.2 Å². The van der Waals surface area contributed by atoms with Crippen molar-refractivity contribution < 1.29 is 15.0 Å². The zero-order valence-corrected chi connectivity index (χ0v) is 10.2. The molecule has 0 aliphatic heterocycles. The van der Waals surface area contributed by atoms with Gasteiger partial charge in [-0.1, -0.05) is 6.07 Å². The number of fused-ring (bicyclic) bond motifs is 1. The van der Waals surface area contributed by atoms with Crippen LogP contribution in [0.25, 0.3) is 22.3 Å². The molecule has 2 N–H and O–H groups in total. The second kappa shape index (κ2) is 4.58. The molecular weight excluding hydrogens is 258 g/mol. The first-order valence-electron chi connectivity index (χ1n) is 5.80. The third-order valence-corrected chi connectivity index (χ3v) is 2.89. The van der Waals surface area contributed by atoms with E-state index in [0.29, 0.717) is 16.8 Å². The number of rotatable bonds is 2. The lowest BCUT2D eigenvalue weighted by Gasteiger charge is -2.09. The first-order chi connectivity index (χ1) is 9.68. The van der Waals surface area contributed by atoms with E-state index in [-0.39, 0.29) is 16.8 Å². The van der Waals surface area contributed by atoms with Crippen molar-refractivity contribution in [2.24, 2.45) is 0 Å². The molecule has 0 fully saturated rings. The average Bonchev–Trinajstić information content (AvgIpc) is 2.47. The van der Waals surface area contributed by atoms with Crippen LogP contribution < -0.4 is 0 Å². The number of benzene rings is 1. The Morgan fingerprint density at radius 2 is 1.85 bits per heavy atom. The Bertz CT molecular complexity index is 803. The minimum Gasteiger partial charge on any atom is -0.506 e. The van der Waals surface area contributed by atoms with Gasteiger partial charge in [0.15, 0.2) is 0 Å². The number of aromatic carboxylic acids is 1. The van der Waals surface area contributed by atoms with Crippen LogP contribution in [0.2, 0.25) is 0 Å². The molecule has 0 amide bonds. The fourth-order valence-corrected chi connectivity index (χ4v) is 2.02. The molecule has 98 valence electrons. The number of carboxylic acid groups (broad SMARTS) is 1. The summed E-state index contributed by atoms with van der Waals surface area (Å²) in [6.07, 6.45) is 4.41. The van der Waals surface area contributed by atoms with Crippen LogP contribution in [-0.4, -0.2) is 31.1 Å². The van der Waals surface area contributed by atoms with Gasteiger partial charge >= 0.3 is 5.97 Å². The zero-order chi connectivity index (χ0) is 14.1. The Morgan fingerprint density at radius 1 is 1.05 bits per heavy atom. The van der Waals surface area contributed by atoms with Gasteiger partial charge < -0.3 is 10.2 Å². The molecule has 3 rings (SSSR count). The van der Waals surface area contributed by atoms with E-state index in [1.54, 1.807) is 30.5 Å². The van der Waals surface area contributed by atoms with Gasteiger partial charge in [-0.3, -0.25) is 15.0 Å². The molecule has 0 radical (unpaired) electrons. The fourth-order valence-electron chi connectivity index (χ4n) is 2.02. The summed E-state index contributed by atoms with van der Waals surface area (Å²) in [4.78, 5) is 23.5. The quantitative estimate of drug-likeness (QED) is 0.738. The Labute approximate surface area is 113 Å². The number of pyridine rings is 1. The Morgan fingerprint density at radius 3 is 2.55 bits per heavy atom. The van der Waals surface area contributed by atoms with Crippen LogP contribution in [0.5, 0.6) is 5.75 Å². The molecule has 6 nitrogen and oxygen atoms in total. The first-order valence-corrected chi connectivity index (χ1v) is 5.80. The van der Waals surface area contributed by atoms with Crippen molar-refractivity contribution in [2.45, 2.75) is 0 Å². The number of aromatic hydroxyl groups is 1. The van der Waals surface area contributed by atoms with Crippen LogP contribution in [0.4, 0.5) is 0 Å². The molecule has 20 heavy (non-hydrogen) atoms. The highest BCUT2D eigenvalue weighted by Gasteiger charge is 2.21. The molecule has 1 aromatic carbocycles. The van der Waals surface area contributed by atoms with E-state index >= 15 is 0 Å². The molecular formula is C14H9N3O3. The summed E-state index contributed by atoms with van der Waals surface area (Å²) >= 11 is 0. The largest absolute Gasteiger partial charge is 0.506 e. The monoisotopic (exact) mass is 267 g/mol. The van der Waals surface area contributed by atoms with Gasteiger partial charge in [0.25, 0.3) is 0 Å². The molecule has 0 aliphatic carbocycles. The number of carboxylic acids is 1. The Balaban J connectivity index is 2.40. The van der Waals surface area contributed by atoms with Crippen molar-refractivity contribution >= 4 is 17.0 Å². The van der Waals surface area contributed by atoms with E-state index in [4.69, 9.17) is 0 Å². The molecule has 0 unspecified atom stereocenters. The van der Waals surface area contributed by atoms with E-state index in [0.717, 1.165) is 0 Å². The Hall–Kier alpha value is -3.02. The van der Waals surface area contributed by atoms with E-state index in [2.05, 4.69) is 15.0 Å². The number of phenols is 1. The maximum absolute atomic E-state index is 11.4. The maximum Gasteiger partial charge on any atom is 0.341 e. The lowest BCUT2D eigenvalue weighted by atomic mass is 10.0. The lowest BCUT2D eigenvalue weighted by Crippen LogP contribution is -2.02. The molecule has 2 heterocycles. The van der Waals surface area contributed by atoms with Crippen molar-refractivity contribution in [1.29, 1.82) is 0 Å². The first kappa shape index (κ1) is 12.0. The lowest BCUT2D eigenvalue weighted by molar-refractivity contribution is 0.0696. The predicted octanol–water partition coefficient (Wildman–Crippen LogP) is 2.10. The van der Waals surface area contributed by atoms with Gasteiger partial charge in [-0.05, 0) is 18.2 Å². The van der Waals surface area contributed by atoms with E-state index in [1.165, 1.54) is 12.4 Å². The number of hydrogen-bond donors (Lipinski definition) is 2. The second-order valence-corrected chi connectivity index (χ2v) is 4.09. The van der Waals surface area contributed by atoms with Crippen molar-refractivity contribution in [3.05, 3.63) is 48.4 Å². The van der Waals surface area contributed by atoms with Crippen molar-refractivity contribution in [3.63, 3.8) is 0 Å². The van der Waals surface area contributed by atoms with Crippen LogP contribution in [0.3, 0.4) is 0 Å². The molecule has 3 aromatic rings. The minimum atomic E-state index is -1.26. The number of hydrogen-bond acceptors (Lipinski definition) is 5. The van der Waals surface area contributed by atoms with Gasteiger partial charge in [0.2, 0.25) is 0 Å². The van der Waals surface area contributed by atoms with Crippen LogP contribution in [-0.2, 0) is 0 Å². The van der Waals surface area contributed by atoms with E-state index < -0.39 is 5.97 Å². The van der Waals surface area contributed by atoms with Crippen LogP contribution in [0.1, 0.15) is 10.4 Å². The van der Waals surface area contributed by atoms with Gasteiger partial charge in [-0.2, -0.15) is 0 Å². The number of nitrogens with zero attached hydrogens (tertiary/aromatic N) is 3. The standard InChI is InChI=1S/C14H9N3O3/c18-13-8(9-3-1-2-4-15-9)7-10-12(11(13)14(19)20)17-6-5-16-10/h1-7,18H,(H,19,20). The summed E-state index contributed by atoms with van der Waals surface area (Å²) < 4.78 is 0. The highest BCUT2D eigenvalue weighted by Crippen LogP contribution is 2.35. The highest BCUT2D eigenvalue weighted by atomic mass is 16.4. The van der Waals surface area contributed by atoms with Crippen LogP contribution >= 0.6 is 0 Å². The normalized spacial score (nSPS) is 10.6. The second-order valence-electron chi connectivity index (χ2n) is 4.09. The fraction of sp³-hybridized carbons (Fsp3) is 0. The van der Waals surface area contributed by atoms with Gasteiger partial charge in [0.1, 0.15) is 16.8 Å². The van der Waals surface area contributed by atoms with E-state index in [9.17, 15) is 15.0 Å². The van der Waals surface area contributed by atoms with Gasteiger partial charge in [-0.25, -0.2) is 4.79 Å². The van der Waals surface area contributed by atoms with Gasteiger partial charge in [-0.15, -0.1) is 0 Å². The maximum atomic E-state index is 11.4. The van der Waals surface area contributed by atoms with Crippen molar-refractivity contribution in [1.82, 2.24) is 15.0 Å². The molecule has 2 aromatic heterocycles. The molecule has 6 heteroatoms. The molecule has 0 saturated heterocycles. The third-order valence-electron chi connectivity index (χ3n) is 2.89. The van der Waals surface area contributed by atoms with Crippen molar-refractivity contribution in [3.8, 4) is 17.0 Å². The van der Waals surface area contributed by atoms with Gasteiger partial charge in [0, 0.05) is 24.2 Å². The summed E-state index contributed by atoms with van der Waals surface area (Å²) in [7, 11) is 0. The highest BCUT2D eigenvalue weighted by molar-refractivity contribution is 6.06. The van der Waals surface area contributed by atoms with Crippen LogP contribution in [0, 0.1) is 0 Å². The van der Waals surface area contributed by atoms with Crippen LogP contribution in [0.15, 0.2) is 42.9 Å². The zero-order valence-electron chi connectivity index (χ0n) is 10.2. The van der Waals surface area contributed by atoms with E-state index in [1.807, 2.05) is 0 Å². The Kier molecular flexibility index (Phi) is 2.76. The van der Waals surface area contributed by atoms with Gasteiger partial charge in [0.05, 0.1) is 11.2 Å². The number of aromatic nitrogens is 3. The van der Waals surface area contributed by atoms with Crippen molar-refractivity contribution in [2.75, 3.05) is 0 Å². The third kappa shape index (κ3) is 1.83. The summed E-state index contributed by atoms with van der Waals surface area (Å²) in [6.45, 7) is 0. The summed E-state index contributed by atoms with van der Waals surface area (Å²) in [5.41, 5.74) is 1.06. The average molecular weight is 267 g/mol. The summed E-state index contributed by atoms with van der Waals surface area (Å²) in [5, 5.41) is 19.5. The SMILES string of the molecule is O=C(O)c1c(O)c(-c2ccccn2)cc2nccnc12. The number of carbonyl (C=O) groups is 1. The molecule has 0 aliphatic rings. The summed E-state index contributed by atoms with van der Waals surface area (Å²) in [6, 6.07) is 6.75.